The monoisotopic (exact) mass is 508 g/mol. The molecule has 2 heterocycles. The number of amides is 1. The van der Waals surface area contributed by atoms with Crippen molar-refractivity contribution in [2.24, 2.45) is 0 Å². The van der Waals surface area contributed by atoms with Crippen LogP contribution in [0.1, 0.15) is 31.4 Å². The minimum absolute atomic E-state index is 0.00422. The number of halogens is 1. The van der Waals surface area contributed by atoms with Crippen LogP contribution in [0.25, 0.3) is 0 Å². The molecule has 0 radical (unpaired) electrons. The first-order valence-corrected chi connectivity index (χ1v) is 12.6. The van der Waals surface area contributed by atoms with Crippen LogP contribution < -0.4 is 9.46 Å². The van der Waals surface area contributed by atoms with E-state index in [0.29, 0.717) is 25.2 Å². The Balaban J connectivity index is 1.60. The number of morpholine rings is 1. The molecule has 1 spiro atoms. The molecule has 1 fully saturated rings. The lowest BCUT2D eigenvalue weighted by molar-refractivity contribution is -0.181. The number of nitrogens with zero attached hydrogens (tertiary/aromatic N) is 1. The van der Waals surface area contributed by atoms with E-state index in [2.05, 4.69) is 20.7 Å². The summed E-state index contributed by atoms with van der Waals surface area (Å²) in [5, 5.41) is 0. The molecule has 2 aromatic rings. The molecule has 2 aliphatic rings. The van der Waals surface area contributed by atoms with Crippen molar-refractivity contribution >= 4 is 37.5 Å². The highest BCUT2D eigenvalue weighted by Gasteiger charge is 2.50. The Morgan fingerprint density at radius 1 is 1.16 bits per heavy atom. The van der Waals surface area contributed by atoms with E-state index in [0.717, 1.165) is 27.6 Å². The molecule has 31 heavy (non-hydrogen) atoms. The molecule has 1 atom stereocenters. The number of fused-ring (bicyclic) bond motifs is 2. The molecule has 2 aromatic carbocycles. The molecule has 1 amide bonds. The fourth-order valence-corrected chi connectivity index (χ4v) is 5.25. The Hall–Kier alpha value is -2.10. The quantitative estimate of drug-likeness (QED) is 0.681. The highest BCUT2D eigenvalue weighted by Crippen LogP contribution is 2.48. The van der Waals surface area contributed by atoms with E-state index in [-0.39, 0.29) is 12.5 Å². The maximum Gasteiger partial charge on any atom is 0.249 e. The summed E-state index contributed by atoms with van der Waals surface area (Å²) in [4.78, 5) is 14.5. The van der Waals surface area contributed by atoms with E-state index >= 15 is 0 Å². The molecule has 166 valence electrons. The average Bonchev–Trinajstić information content (AvgIpc) is 2.65. The van der Waals surface area contributed by atoms with Gasteiger partial charge in [0.15, 0.2) is 0 Å². The summed E-state index contributed by atoms with van der Waals surface area (Å²) in [6, 6.07) is 12.9. The van der Waals surface area contributed by atoms with Gasteiger partial charge in [0.1, 0.15) is 23.6 Å². The summed E-state index contributed by atoms with van der Waals surface area (Å²) < 4.78 is 38.6. The molecule has 9 heteroatoms. The molecule has 0 aliphatic carbocycles. The number of anilines is 1. The predicted molar refractivity (Wildman–Crippen MR) is 121 cm³/mol. The van der Waals surface area contributed by atoms with Crippen molar-refractivity contribution in [2.45, 2.75) is 38.0 Å². The van der Waals surface area contributed by atoms with Crippen LogP contribution in [0.15, 0.2) is 46.9 Å². The minimum Gasteiger partial charge on any atom is -0.487 e. The second-order valence-electron chi connectivity index (χ2n) is 8.78. The Morgan fingerprint density at radius 2 is 1.87 bits per heavy atom. The van der Waals surface area contributed by atoms with Gasteiger partial charge in [0, 0.05) is 28.7 Å². The predicted octanol–water partition coefficient (Wildman–Crippen LogP) is 3.64. The van der Waals surface area contributed by atoms with Crippen molar-refractivity contribution in [1.29, 1.82) is 0 Å². The van der Waals surface area contributed by atoms with Crippen LogP contribution in [0.2, 0.25) is 0 Å². The van der Waals surface area contributed by atoms with Gasteiger partial charge in [-0.15, -0.1) is 0 Å². The second kappa shape index (κ2) is 7.79. The zero-order valence-electron chi connectivity index (χ0n) is 17.6. The first-order valence-electron chi connectivity index (χ1n) is 9.92. The molecule has 0 bridgehead atoms. The third kappa shape index (κ3) is 4.88. The van der Waals surface area contributed by atoms with Crippen LogP contribution >= 0.6 is 15.9 Å². The number of carbonyl (C=O) groups is 1. The van der Waals surface area contributed by atoms with Gasteiger partial charge in [-0.25, -0.2) is 8.42 Å². The SMILES string of the molecule is CC1(C)C[C@@]2(CN(Cc3ccc(NS(C)(=O)=O)cc3)C(=O)CO2)c2cc(Br)ccc2O1. The second-order valence-corrected chi connectivity index (χ2v) is 11.4. The number of hydrogen-bond donors (Lipinski definition) is 1. The van der Waals surface area contributed by atoms with Crippen molar-refractivity contribution in [3.63, 3.8) is 0 Å². The van der Waals surface area contributed by atoms with Crippen LogP contribution in [0.3, 0.4) is 0 Å². The average molecular weight is 509 g/mol. The smallest absolute Gasteiger partial charge is 0.249 e. The normalized spacial score (nSPS) is 22.7. The van der Waals surface area contributed by atoms with E-state index in [9.17, 15) is 13.2 Å². The summed E-state index contributed by atoms with van der Waals surface area (Å²) in [5.74, 6) is 0.690. The van der Waals surface area contributed by atoms with Crippen molar-refractivity contribution in [3.05, 3.63) is 58.1 Å². The Kier molecular flexibility index (Phi) is 5.56. The molecular formula is C22H25BrN2O5S. The zero-order chi connectivity index (χ0) is 22.4. The van der Waals surface area contributed by atoms with Crippen LogP contribution in [0.4, 0.5) is 5.69 Å². The fraction of sp³-hybridized carbons (Fsp3) is 0.409. The maximum absolute atomic E-state index is 12.7. The fourth-order valence-electron chi connectivity index (χ4n) is 4.32. The van der Waals surface area contributed by atoms with Gasteiger partial charge in [-0.05, 0) is 49.7 Å². The molecule has 4 rings (SSSR count). The van der Waals surface area contributed by atoms with Crippen molar-refractivity contribution < 1.29 is 22.7 Å². The lowest BCUT2D eigenvalue weighted by atomic mass is 9.79. The topological polar surface area (TPSA) is 84.9 Å². The first kappa shape index (κ1) is 22.1. The molecule has 0 unspecified atom stereocenters. The lowest BCUT2D eigenvalue weighted by Gasteiger charge is -2.50. The molecule has 1 saturated heterocycles. The van der Waals surface area contributed by atoms with E-state index in [1.807, 2.05) is 44.2 Å². The number of sulfonamides is 1. The molecule has 7 nitrogen and oxygen atoms in total. The summed E-state index contributed by atoms with van der Waals surface area (Å²) in [6.45, 7) is 4.86. The van der Waals surface area contributed by atoms with Crippen LogP contribution in [-0.2, 0) is 31.7 Å². The lowest BCUT2D eigenvalue weighted by Crippen LogP contribution is -2.57. The largest absolute Gasteiger partial charge is 0.487 e. The van der Waals surface area contributed by atoms with Gasteiger partial charge in [0.25, 0.3) is 0 Å². The first-order chi connectivity index (χ1) is 14.4. The van der Waals surface area contributed by atoms with Gasteiger partial charge in [-0.1, -0.05) is 28.1 Å². The van der Waals surface area contributed by atoms with E-state index in [1.165, 1.54) is 0 Å². The van der Waals surface area contributed by atoms with Crippen LogP contribution in [-0.4, -0.2) is 44.2 Å². The van der Waals surface area contributed by atoms with E-state index in [4.69, 9.17) is 9.47 Å². The number of nitrogens with one attached hydrogen (secondary N) is 1. The molecule has 2 aliphatic heterocycles. The number of hydrogen-bond acceptors (Lipinski definition) is 5. The minimum atomic E-state index is -3.33. The summed E-state index contributed by atoms with van der Waals surface area (Å²) in [7, 11) is -3.33. The Morgan fingerprint density at radius 3 is 2.55 bits per heavy atom. The van der Waals surface area contributed by atoms with Crippen molar-refractivity contribution in [2.75, 3.05) is 24.1 Å². The van der Waals surface area contributed by atoms with Crippen LogP contribution in [0, 0.1) is 0 Å². The number of rotatable bonds is 4. The third-order valence-electron chi connectivity index (χ3n) is 5.43. The van der Waals surface area contributed by atoms with E-state index < -0.39 is 21.2 Å². The van der Waals surface area contributed by atoms with E-state index in [1.54, 1.807) is 17.0 Å². The molecule has 0 aromatic heterocycles. The molecule has 0 saturated carbocycles. The Labute approximate surface area is 190 Å². The number of ether oxygens (including phenoxy) is 2. The standard InChI is InChI=1S/C22H25BrN2O5S/c1-21(2)13-22(18-10-16(23)6-9-19(18)30-21)14-25(20(26)12-29-22)11-15-4-7-17(8-5-15)24-31(3,27)28/h4-10,24H,11-14H2,1-3H3/t22-/m1/s1. The summed E-state index contributed by atoms with van der Waals surface area (Å²) >= 11 is 3.54. The van der Waals surface area contributed by atoms with Gasteiger partial charge in [-0.2, -0.15) is 0 Å². The van der Waals surface area contributed by atoms with Gasteiger partial charge < -0.3 is 14.4 Å². The highest BCUT2D eigenvalue weighted by molar-refractivity contribution is 9.10. The summed E-state index contributed by atoms with van der Waals surface area (Å²) in [5.41, 5.74) is 1.23. The summed E-state index contributed by atoms with van der Waals surface area (Å²) in [6.07, 6.45) is 1.72. The highest BCUT2D eigenvalue weighted by atomic mass is 79.9. The number of carbonyl (C=O) groups excluding carboxylic acids is 1. The Bertz CT molecular complexity index is 1120. The number of benzene rings is 2. The van der Waals surface area contributed by atoms with Gasteiger partial charge in [0.2, 0.25) is 15.9 Å². The van der Waals surface area contributed by atoms with Crippen LogP contribution in [0.5, 0.6) is 5.75 Å². The van der Waals surface area contributed by atoms with Crippen molar-refractivity contribution in [3.8, 4) is 5.75 Å². The van der Waals surface area contributed by atoms with Gasteiger partial charge in [-0.3, -0.25) is 9.52 Å². The molecule has 1 N–H and O–H groups in total. The third-order valence-corrected chi connectivity index (χ3v) is 6.53. The zero-order valence-corrected chi connectivity index (χ0v) is 20.0. The van der Waals surface area contributed by atoms with Crippen molar-refractivity contribution in [1.82, 2.24) is 4.90 Å². The maximum atomic E-state index is 12.7. The van der Waals surface area contributed by atoms with Gasteiger partial charge >= 0.3 is 0 Å². The van der Waals surface area contributed by atoms with Gasteiger partial charge in [0.05, 0.1) is 12.8 Å². The molecular weight excluding hydrogens is 484 g/mol.